The first-order valence-electron chi connectivity index (χ1n) is 4.79. The quantitative estimate of drug-likeness (QED) is 0.705. The van der Waals surface area contributed by atoms with Gasteiger partial charge in [-0.25, -0.2) is 0 Å². The molecule has 0 radical (unpaired) electrons. The van der Waals surface area contributed by atoms with Crippen molar-refractivity contribution in [2.45, 2.75) is 19.1 Å². The maximum absolute atomic E-state index is 5.99. The number of hydrogen-bond acceptors (Lipinski definition) is 2. The average molecular weight is 189 g/mol. The van der Waals surface area contributed by atoms with Gasteiger partial charge >= 0.3 is 0 Å². The Kier molecular flexibility index (Phi) is 2.06. The molecule has 3 heteroatoms. The van der Waals surface area contributed by atoms with Crippen LogP contribution in [0.25, 0.3) is 10.9 Å². The van der Waals surface area contributed by atoms with Crippen LogP contribution in [0.2, 0.25) is 0 Å². The van der Waals surface area contributed by atoms with Gasteiger partial charge in [0.25, 0.3) is 0 Å². The molecule has 1 aromatic carbocycles. The lowest BCUT2D eigenvalue weighted by Crippen LogP contribution is -2.50. The second-order valence-corrected chi connectivity index (χ2v) is 3.59. The van der Waals surface area contributed by atoms with Crippen molar-refractivity contribution in [1.29, 1.82) is 0 Å². The minimum absolute atomic E-state index is 0.700. The first-order valence-corrected chi connectivity index (χ1v) is 4.79. The van der Waals surface area contributed by atoms with Gasteiger partial charge in [-0.15, -0.1) is 0 Å². The van der Waals surface area contributed by atoms with Crippen LogP contribution < -0.4 is 11.5 Å². The first kappa shape index (κ1) is 9.24. The Balaban J connectivity index is 2.64. The molecule has 3 nitrogen and oxygen atoms in total. The van der Waals surface area contributed by atoms with E-state index in [9.17, 15) is 0 Å². The van der Waals surface area contributed by atoms with E-state index in [2.05, 4.69) is 6.07 Å². The third kappa shape index (κ3) is 1.31. The summed E-state index contributed by atoms with van der Waals surface area (Å²) in [6, 6.07) is 10.1. The van der Waals surface area contributed by atoms with E-state index in [-0.39, 0.29) is 0 Å². The minimum atomic E-state index is -0.789. The Morgan fingerprint density at radius 1 is 1.21 bits per heavy atom. The Morgan fingerprint density at radius 3 is 2.64 bits per heavy atom. The normalized spacial score (nSPS) is 12.2. The zero-order valence-electron chi connectivity index (χ0n) is 8.27. The molecule has 2 aromatic rings. The lowest BCUT2D eigenvalue weighted by Gasteiger charge is -2.25. The van der Waals surface area contributed by atoms with E-state index in [0.29, 0.717) is 6.42 Å². The van der Waals surface area contributed by atoms with E-state index in [1.54, 1.807) is 0 Å². The van der Waals surface area contributed by atoms with E-state index < -0.39 is 5.79 Å². The molecule has 0 amide bonds. The van der Waals surface area contributed by atoms with Crippen molar-refractivity contribution in [2.75, 3.05) is 0 Å². The molecule has 0 saturated heterocycles. The fourth-order valence-electron chi connectivity index (χ4n) is 1.62. The highest BCUT2D eigenvalue weighted by Crippen LogP contribution is 2.19. The number of benzene rings is 1. The zero-order chi connectivity index (χ0) is 10.2. The highest BCUT2D eigenvalue weighted by molar-refractivity contribution is 5.80. The third-order valence-electron chi connectivity index (χ3n) is 2.61. The molecule has 0 aliphatic carbocycles. The summed E-state index contributed by atoms with van der Waals surface area (Å²) in [5, 5.41) is 1.17. The number of para-hydroxylation sites is 1. The SMILES string of the molecule is CCC(N)(N)n1ccc2ccccc21. The highest BCUT2D eigenvalue weighted by atomic mass is 15.3. The number of aromatic nitrogens is 1. The fourth-order valence-corrected chi connectivity index (χ4v) is 1.62. The molecule has 1 aromatic heterocycles. The molecular formula is C11H15N3. The fraction of sp³-hybridized carbons (Fsp3) is 0.273. The van der Waals surface area contributed by atoms with E-state index in [0.717, 1.165) is 5.52 Å². The standard InChI is InChI=1S/C11H15N3/c1-2-11(12,13)14-8-7-9-5-3-4-6-10(9)14/h3-8H,2,12-13H2,1H3. The van der Waals surface area contributed by atoms with Gasteiger partial charge in [-0.1, -0.05) is 25.1 Å². The molecule has 74 valence electrons. The van der Waals surface area contributed by atoms with Crippen molar-refractivity contribution in [2.24, 2.45) is 11.5 Å². The molecule has 0 bridgehead atoms. The van der Waals surface area contributed by atoms with Gasteiger partial charge in [0.2, 0.25) is 0 Å². The second kappa shape index (κ2) is 3.12. The van der Waals surface area contributed by atoms with Crippen molar-refractivity contribution in [3.05, 3.63) is 36.5 Å². The van der Waals surface area contributed by atoms with Crippen LogP contribution >= 0.6 is 0 Å². The summed E-state index contributed by atoms with van der Waals surface area (Å²) in [6.07, 6.45) is 2.64. The lowest BCUT2D eigenvalue weighted by molar-refractivity contribution is 0.307. The van der Waals surface area contributed by atoms with Crippen molar-refractivity contribution < 1.29 is 0 Å². The summed E-state index contributed by atoms with van der Waals surface area (Å²) < 4.78 is 1.92. The van der Waals surface area contributed by atoms with Crippen LogP contribution in [0.5, 0.6) is 0 Å². The molecule has 0 fully saturated rings. The zero-order valence-corrected chi connectivity index (χ0v) is 8.27. The molecule has 0 unspecified atom stereocenters. The van der Waals surface area contributed by atoms with Gasteiger partial charge in [-0.2, -0.15) is 0 Å². The largest absolute Gasteiger partial charge is 0.316 e. The topological polar surface area (TPSA) is 57.0 Å². The summed E-state index contributed by atoms with van der Waals surface area (Å²) >= 11 is 0. The summed E-state index contributed by atoms with van der Waals surface area (Å²) in [5.41, 5.74) is 13.1. The lowest BCUT2D eigenvalue weighted by atomic mass is 10.2. The summed E-state index contributed by atoms with van der Waals surface area (Å²) in [6.45, 7) is 1.98. The van der Waals surface area contributed by atoms with Crippen molar-refractivity contribution in [3.8, 4) is 0 Å². The second-order valence-electron chi connectivity index (χ2n) is 3.59. The van der Waals surface area contributed by atoms with Crippen LogP contribution in [0.4, 0.5) is 0 Å². The summed E-state index contributed by atoms with van der Waals surface area (Å²) in [4.78, 5) is 0. The Morgan fingerprint density at radius 2 is 1.93 bits per heavy atom. The summed E-state index contributed by atoms with van der Waals surface area (Å²) in [7, 11) is 0. The molecule has 2 rings (SSSR count). The molecule has 0 aliphatic heterocycles. The van der Waals surface area contributed by atoms with Gasteiger partial charge in [-0.05, 0) is 23.9 Å². The molecule has 0 saturated carbocycles. The predicted octanol–water partition coefficient (Wildman–Crippen LogP) is 1.58. The Labute approximate surface area is 83.3 Å². The van der Waals surface area contributed by atoms with Crippen LogP contribution in [0.1, 0.15) is 13.3 Å². The number of hydrogen-bond donors (Lipinski definition) is 2. The van der Waals surface area contributed by atoms with E-state index in [1.807, 2.05) is 42.0 Å². The number of fused-ring (bicyclic) bond motifs is 1. The van der Waals surface area contributed by atoms with Gasteiger partial charge in [0.15, 0.2) is 0 Å². The van der Waals surface area contributed by atoms with Crippen LogP contribution in [-0.4, -0.2) is 4.57 Å². The minimum Gasteiger partial charge on any atom is -0.316 e. The van der Waals surface area contributed by atoms with Crippen LogP contribution in [0.3, 0.4) is 0 Å². The van der Waals surface area contributed by atoms with Gasteiger partial charge in [-0.3, -0.25) is 11.5 Å². The van der Waals surface area contributed by atoms with Gasteiger partial charge < -0.3 is 4.57 Å². The maximum atomic E-state index is 5.99. The van der Waals surface area contributed by atoms with E-state index >= 15 is 0 Å². The average Bonchev–Trinajstić information content (AvgIpc) is 2.61. The number of rotatable bonds is 2. The van der Waals surface area contributed by atoms with Gasteiger partial charge in [0, 0.05) is 6.20 Å². The maximum Gasteiger partial charge on any atom is 0.144 e. The summed E-state index contributed by atoms with van der Waals surface area (Å²) in [5.74, 6) is -0.789. The van der Waals surface area contributed by atoms with Crippen molar-refractivity contribution >= 4 is 10.9 Å². The van der Waals surface area contributed by atoms with Crippen LogP contribution in [0.15, 0.2) is 36.5 Å². The number of nitrogens with two attached hydrogens (primary N) is 2. The van der Waals surface area contributed by atoms with Gasteiger partial charge in [0.1, 0.15) is 5.79 Å². The van der Waals surface area contributed by atoms with Crippen LogP contribution in [-0.2, 0) is 5.79 Å². The molecule has 1 heterocycles. The molecule has 0 spiro atoms. The Bertz CT molecular complexity index is 442. The van der Waals surface area contributed by atoms with E-state index in [4.69, 9.17) is 11.5 Å². The van der Waals surface area contributed by atoms with Crippen molar-refractivity contribution in [1.82, 2.24) is 4.57 Å². The van der Waals surface area contributed by atoms with Crippen molar-refractivity contribution in [3.63, 3.8) is 0 Å². The monoisotopic (exact) mass is 189 g/mol. The predicted molar refractivity (Wildman–Crippen MR) is 58.6 cm³/mol. The Hall–Kier alpha value is -1.32. The third-order valence-corrected chi connectivity index (χ3v) is 2.61. The molecule has 4 N–H and O–H groups in total. The van der Waals surface area contributed by atoms with Crippen LogP contribution in [0, 0.1) is 0 Å². The van der Waals surface area contributed by atoms with Gasteiger partial charge in [0.05, 0.1) is 5.52 Å². The molecule has 0 atom stereocenters. The molecular weight excluding hydrogens is 174 g/mol. The highest BCUT2D eigenvalue weighted by Gasteiger charge is 2.19. The number of nitrogens with zero attached hydrogens (tertiary/aromatic N) is 1. The first-order chi connectivity index (χ1) is 6.65. The molecule has 14 heavy (non-hydrogen) atoms. The smallest absolute Gasteiger partial charge is 0.144 e. The van der Waals surface area contributed by atoms with E-state index in [1.165, 1.54) is 5.39 Å². The molecule has 0 aliphatic rings.